The van der Waals surface area contributed by atoms with Gasteiger partial charge in [-0.25, -0.2) is 0 Å². The molecule has 2 N–H and O–H groups in total. The lowest BCUT2D eigenvalue weighted by Crippen LogP contribution is -2.36. The number of nitro benzene ring substituents is 1. The average Bonchev–Trinajstić information content (AvgIpc) is 2.73. The fourth-order valence-corrected chi connectivity index (χ4v) is 4.07. The van der Waals surface area contributed by atoms with Crippen molar-refractivity contribution >= 4 is 58.7 Å². The lowest BCUT2D eigenvalue weighted by molar-refractivity contribution is -0.384. The highest BCUT2D eigenvalue weighted by Crippen LogP contribution is 2.28. The molecule has 6 nitrogen and oxygen atoms in total. The normalized spacial score (nSPS) is 18.0. The Morgan fingerprint density at radius 3 is 2.35 bits per heavy atom. The molecule has 166 valence electrons. The van der Waals surface area contributed by atoms with E-state index in [9.17, 15) is 10.1 Å². The van der Waals surface area contributed by atoms with Crippen LogP contribution < -0.4 is 10.6 Å². The lowest BCUT2D eigenvalue weighted by atomic mass is 9.90. The van der Waals surface area contributed by atoms with Crippen LogP contribution >= 0.6 is 36.4 Å². The molecule has 1 saturated carbocycles. The molecule has 0 amide bonds. The zero-order valence-electron chi connectivity index (χ0n) is 16.8. The number of rotatable bonds is 6. The van der Waals surface area contributed by atoms with Gasteiger partial charge in [0.15, 0.2) is 0 Å². The van der Waals surface area contributed by atoms with Gasteiger partial charge >= 0.3 is 0 Å². The molecular formula is C22H25Cl3N4O2. The van der Waals surface area contributed by atoms with Gasteiger partial charge < -0.3 is 10.6 Å². The Morgan fingerprint density at radius 2 is 1.68 bits per heavy atom. The summed E-state index contributed by atoms with van der Waals surface area (Å²) in [5.74, 6) is 0. The van der Waals surface area contributed by atoms with Crippen LogP contribution in [0.15, 0.2) is 54.7 Å². The van der Waals surface area contributed by atoms with Gasteiger partial charge in [-0.05, 0) is 55.5 Å². The Morgan fingerprint density at radius 1 is 1.00 bits per heavy atom. The second-order valence-electron chi connectivity index (χ2n) is 7.52. The Bertz CT molecular complexity index is 1010. The molecule has 0 atom stereocenters. The predicted octanol–water partition coefficient (Wildman–Crippen LogP) is 6.15. The van der Waals surface area contributed by atoms with Gasteiger partial charge in [0.05, 0.1) is 10.4 Å². The van der Waals surface area contributed by atoms with Crippen molar-refractivity contribution in [1.29, 1.82) is 0 Å². The summed E-state index contributed by atoms with van der Waals surface area (Å²) in [4.78, 5) is 14.8. The van der Waals surface area contributed by atoms with E-state index >= 15 is 0 Å². The summed E-state index contributed by atoms with van der Waals surface area (Å²) < 4.78 is 0. The van der Waals surface area contributed by atoms with Gasteiger partial charge in [-0.3, -0.25) is 15.1 Å². The Balaban J connectivity index is 0.00000171. The molecule has 0 unspecified atom stereocenters. The average molecular weight is 484 g/mol. The van der Waals surface area contributed by atoms with Gasteiger partial charge in [0.25, 0.3) is 5.69 Å². The van der Waals surface area contributed by atoms with Crippen LogP contribution in [0, 0.1) is 10.1 Å². The maximum absolute atomic E-state index is 10.7. The molecule has 1 fully saturated rings. The third-order valence-corrected chi connectivity index (χ3v) is 5.77. The Hall–Kier alpha value is -2.12. The maximum atomic E-state index is 10.7. The highest BCUT2D eigenvalue weighted by molar-refractivity contribution is 6.31. The van der Waals surface area contributed by atoms with E-state index in [0.717, 1.165) is 54.4 Å². The fourth-order valence-electron chi connectivity index (χ4n) is 3.91. The smallest absolute Gasteiger partial charge is 0.269 e. The number of nitrogens with one attached hydrogen (secondary N) is 2. The summed E-state index contributed by atoms with van der Waals surface area (Å²) in [6.07, 6.45) is 6.20. The van der Waals surface area contributed by atoms with E-state index in [2.05, 4.69) is 15.6 Å². The molecule has 0 saturated heterocycles. The molecule has 2 aromatic carbocycles. The zero-order valence-corrected chi connectivity index (χ0v) is 19.2. The van der Waals surface area contributed by atoms with Crippen LogP contribution in [0.25, 0.3) is 10.9 Å². The van der Waals surface area contributed by atoms with Crippen LogP contribution in [0.5, 0.6) is 0 Å². The second kappa shape index (κ2) is 11.5. The Labute approximate surface area is 198 Å². The van der Waals surface area contributed by atoms with Gasteiger partial charge in [-0.2, -0.15) is 0 Å². The van der Waals surface area contributed by atoms with Crippen LogP contribution in [-0.2, 0) is 6.54 Å². The molecule has 1 aliphatic rings. The van der Waals surface area contributed by atoms with Crippen LogP contribution in [0.2, 0.25) is 5.02 Å². The first-order chi connectivity index (χ1) is 14.1. The summed E-state index contributed by atoms with van der Waals surface area (Å²) in [5, 5.41) is 19.8. The molecule has 3 aromatic rings. The van der Waals surface area contributed by atoms with E-state index in [-0.39, 0.29) is 35.4 Å². The molecule has 1 aromatic heterocycles. The fraction of sp³-hybridized carbons (Fsp3) is 0.318. The standard InChI is InChI=1S/C22H23ClN4O2.2ClH/c23-16-3-10-20-21(11-12-24-22(20)13-16)26-18-6-4-17(5-7-18)25-14-15-1-8-19(9-2-15)27(28)29;;/h1-3,8-13,17-18,25H,4-7,14H2,(H,24,26);2*1H/t17-,18+;;. The maximum Gasteiger partial charge on any atom is 0.269 e. The van der Waals surface area contributed by atoms with Crippen LogP contribution in [0.1, 0.15) is 31.2 Å². The van der Waals surface area contributed by atoms with Gasteiger partial charge in [0, 0.05) is 53.1 Å². The number of non-ortho nitro benzene ring substituents is 1. The predicted molar refractivity (Wildman–Crippen MR) is 131 cm³/mol. The van der Waals surface area contributed by atoms with Gasteiger partial charge in [0.2, 0.25) is 0 Å². The monoisotopic (exact) mass is 482 g/mol. The summed E-state index contributed by atoms with van der Waals surface area (Å²) in [5.41, 5.74) is 3.21. The van der Waals surface area contributed by atoms with Crippen molar-refractivity contribution in [2.24, 2.45) is 0 Å². The van der Waals surface area contributed by atoms with E-state index in [4.69, 9.17) is 11.6 Å². The molecule has 0 bridgehead atoms. The number of benzene rings is 2. The second-order valence-corrected chi connectivity index (χ2v) is 7.95. The van der Waals surface area contributed by atoms with Crippen molar-refractivity contribution in [2.45, 2.75) is 44.3 Å². The van der Waals surface area contributed by atoms with Crippen molar-refractivity contribution in [3.05, 3.63) is 75.4 Å². The first-order valence-electron chi connectivity index (χ1n) is 9.86. The molecule has 4 rings (SSSR count). The van der Waals surface area contributed by atoms with Crippen molar-refractivity contribution in [3.8, 4) is 0 Å². The minimum atomic E-state index is -0.369. The van der Waals surface area contributed by atoms with E-state index < -0.39 is 0 Å². The first-order valence-corrected chi connectivity index (χ1v) is 10.2. The topological polar surface area (TPSA) is 80.1 Å². The molecular weight excluding hydrogens is 459 g/mol. The number of hydrogen-bond donors (Lipinski definition) is 2. The number of hydrogen-bond acceptors (Lipinski definition) is 5. The zero-order chi connectivity index (χ0) is 20.2. The minimum absolute atomic E-state index is 0. The van der Waals surface area contributed by atoms with Crippen LogP contribution in [0.4, 0.5) is 11.4 Å². The molecule has 0 spiro atoms. The van der Waals surface area contributed by atoms with E-state index in [1.54, 1.807) is 12.1 Å². The van der Waals surface area contributed by atoms with Gasteiger partial charge in [-0.1, -0.05) is 23.7 Å². The quantitative estimate of drug-likeness (QED) is 0.324. The molecule has 1 aliphatic carbocycles. The molecule has 0 radical (unpaired) electrons. The van der Waals surface area contributed by atoms with Crippen LogP contribution in [-0.4, -0.2) is 22.0 Å². The summed E-state index contributed by atoms with van der Waals surface area (Å²) >= 11 is 6.08. The van der Waals surface area contributed by atoms with E-state index in [1.165, 1.54) is 0 Å². The number of fused-ring (bicyclic) bond motifs is 1. The molecule has 0 aliphatic heterocycles. The molecule has 31 heavy (non-hydrogen) atoms. The summed E-state index contributed by atoms with van der Waals surface area (Å²) in [6.45, 7) is 0.733. The van der Waals surface area contributed by atoms with Crippen molar-refractivity contribution in [3.63, 3.8) is 0 Å². The van der Waals surface area contributed by atoms with Gasteiger partial charge in [-0.15, -0.1) is 24.8 Å². The number of pyridine rings is 1. The highest BCUT2D eigenvalue weighted by atomic mass is 35.5. The molecule has 1 heterocycles. The SMILES string of the molecule is Cl.Cl.O=[N+]([O-])c1ccc(CN[C@H]2CC[C@@H](Nc3ccnc4cc(Cl)ccc34)CC2)cc1. The number of anilines is 1. The minimum Gasteiger partial charge on any atom is -0.382 e. The van der Waals surface area contributed by atoms with E-state index in [1.807, 2.05) is 42.6 Å². The summed E-state index contributed by atoms with van der Waals surface area (Å²) in [6, 6.07) is 15.5. The largest absolute Gasteiger partial charge is 0.382 e. The van der Waals surface area contributed by atoms with Crippen molar-refractivity contribution < 1.29 is 4.92 Å². The third kappa shape index (κ3) is 6.43. The van der Waals surface area contributed by atoms with Gasteiger partial charge in [0.1, 0.15) is 0 Å². The summed E-state index contributed by atoms with van der Waals surface area (Å²) in [7, 11) is 0. The number of nitrogens with zero attached hydrogens (tertiary/aromatic N) is 2. The first kappa shape index (κ1) is 25.1. The third-order valence-electron chi connectivity index (χ3n) is 5.53. The van der Waals surface area contributed by atoms with Crippen LogP contribution in [0.3, 0.4) is 0 Å². The number of halogens is 3. The molecule has 9 heteroatoms. The highest BCUT2D eigenvalue weighted by Gasteiger charge is 2.21. The van der Waals surface area contributed by atoms with E-state index in [0.29, 0.717) is 17.1 Å². The number of aromatic nitrogens is 1. The Kier molecular flexibility index (Phi) is 9.32. The number of nitro groups is 1. The van der Waals surface area contributed by atoms with Crippen molar-refractivity contribution in [2.75, 3.05) is 5.32 Å². The van der Waals surface area contributed by atoms with Crippen molar-refractivity contribution in [1.82, 2.24) is 10.3 Å². The lowest BCUT2D eigenvalue weighted by Gasteiger charge is -2.30.